The molecule has 2 aliphatic carbocycles. The van der Waals surface area contributed by atoms with Gasteiger partial charge in [0.2, 0.25) is 5.91 Å². The van der Waals surface area contributed by atoms with E-state index in [4.69, 9.17) is 5.73 Å². The van der Waals surface area contributed by atoms with Crippen LogP contribution in [0.25, 0.3) is 0 Å². The van der Waals surface area contributed by atoms with E-state index in [2.05, 4.69) is 10.2 Å². The molecule has 3 rings (SSSR count). The normalized spacial score (nSPS) is 19.6. The molecule has 0 saturated heterocycles. The van der Waals surface area contributed by atoms with Gasteiger partial charge in [-0.2, -0.15) is 0 Å². The van der Waals surface area contributed by atoms with Crippen molar-refractivity contribution in [2.75, 3.05) is 17.6 Å². The first-order valence-electron chi connectivity index (χ1n) is 7.66. The average molecular weight is 291 g/mol. The van der Waals surface area contributed by atoms with Crippen LogP contribution in [0, 0.1) is 11.7 Å². The van der Waals surface area contributed by atoms with Crippen LogP contribution >= 0.6 is 0 Å². The summed E-state index contributed by atoms with van der Waals surface area (Å²) in [6.07, 6.45) is 4.93. The first kappa shape index (κ1) is 14.3. The number of amides is 1. The zero-order valence-electron chi connectivity index (χ0n) is 12.3. The van der Waals surface area contributed by atoms with Crippen molar-refractivity contribution in [1.82, 2.24) is 4.90 Å². The van der Waals surface area contributed by atoms with Gasteiger partial charge >= 0.3 is 0 Å². The Kier molecular flexibility index (Phi) is 3.85. The summed E-state index contributed by atoms with van der Waals surface area (Å²) >= 11 is 0. The van der Waals surface area contributed by atoms with E-state index in [9.17, 15) is 9.18 Å². The monoisotopic (exact) mass is 291 g/mol. The van der Waals surface area contributed by atoms with Gasteiger partial charge in [0.15, 0.2) is 0 Å². The fraction of sp³-hybridized carbons (Fsp3) is 0.562. The first-order chi connectivity index (χ1) is 10.0. The largest absolute Gasteiger partial charge is 0.397 e. The van der Waals surface area contributed by atoms with E-state index in [1.807, 2.05) is 6.92 Å². The van der Waals surface area contributed by atoms with Crippen LogP contribution in [0.15, 0.2) is 18.2 Å². The fourth-order valence-electron chi connectivity index (χ4n) is 2.66. The number of nitrogen functional groups attached to an aromatic ring is 1. The molecule has 0 aromatic heterocycles. The molecule has 114 valence electrons. The summed E-state index contributed by atoms with van der Waals surface area (Å²) in [7, 11) is 0. The molecule has 0 bridgehead atoms. The van der Waals surface area contributed by atoms with E-state index in [1.54, 1.807) is 0 Å². The van der Waals surface area contributed by atoms with Crippen LogP contribution in [0.3, 0.4) is 0 Å². The van der Waals surface area contributed by atoms with Crippen LogP contribution in [0.5, 0.6) is 0 Å². The highest BCUT2D eigenvalue weighted by Crippen LogP contribution is 2.36. The number of hydrogen-bond donors (Lipinski definition) is 2. The molecule has 5 heteroatoms. The van der Waals surface area contributed by atoms with E-state index in [0.29, 0.717) is 11.7 Å². The molecule has 1 unspecified atom stereocenters. The van der Waals surface area contributed by atoms with Crippen molar-refractivity contribution in [2.24, 2.45) is 5.92 Å². The summed E-state index contributed by atoms with van der Waals surface area (Å²) in [6, 6.07) is 4.42. The van der Waals surface area contributed by atoms with Gasteiger partial charge in [-0.3, -0.25) is 9.69 Å². The maximum Gasteiger partial charge on any atom is 0.241 e. The van der Waals surface area contributed by atoms with Gasteiger partial charge in [0.05, 0.1) is 17.4 Å². The lowest BCUT2D eigenvalue weighted by atomic mass is 10.2. The quantitative estimate of drug-likeness (QED) is 0.792. The Morgan fingerprint density at radius 3 is 2.71 bits per heavy atom. The maximum absolute atomic E-state index is 13.0. The number of carbonyl (C=O) groups excluding carboxylic acids is 1. The lowest BCUT2D eigenvalue weighted by Gasteiger charge is -2.28. The average Bonchev–Trinajstić information content (AvgIpc) is 3.31. The molecular weight excluding hydrogens is 269 g/mol. The van der Waals surface area contributed by atoms with Crippen molar-refractivity contribution in [2.45, 2.75) is 44.7 Å². The van der Waals surface area contributed by atoms with E-state index in [0.717, 1.165) is 12.5 Å². The van der Waals surface area contributed by atoms with Crippen molar-refractivity contribution in [1.29, 1.82) is 0 Å². The van der Waals surface area contributed by atoms with Crippen LogP contribution in [-0.2, 0) is 4.79 Å². The third-order valence-electron chi connectivity index (χ3n) is 4.33. The van der Waals surface area contributed by atoms with Gasteiger partial charge in [0.25, 0.3) is 0 Å². The molecule has 3 N–H and O–H groups in total. The number of nitrogens with zero attached hydrogens (tertiary/aromatic N) is 1. The number of rotatable bonds is 6. The van der Waals surface area contributed by atoms with E-state index < -0.39 is 5.82 Å². The standard InChI is InChI=1S/C16H22FN3O/c1-10(20(13-5-6-13)9-11-2-3-11)16(21)19-15-7-4-12(17)8-14(15)18/h4,7-8,10-11,13H,2-3,5-6,9,18H2,1H3,(H,19,21). The molecule has 1 atom stereocenters. The lowest BCUT2D eigenvalue weighted by molar-refractivity contribution is -0.121. The molecule has 2 saturated carbocycles. The van der Waals surface area contributed by atoms with Gasteiger partial charge < -0.3 is 11.1 Å². The second kappa shape index (κ2) is 5.64. The molecule has 1 aromatic carbocycles. The third-order valence-corrected chi connectivity index (χ3v) is 4.33. The van der Waals surface area contributed by atoms with Crippen molar-refractivity contribution in [3.8, 4) is 0 Å². The molecule has 1 aromatic rings. The second-order valence-corrected chi connectivity index (χ2v) is 6.27. The minimum absolute atomic E-state index is 0.0686. The van der Waals surface area contributed by atoms with Gasteiger partial charge in [-0.1, -0.05) is 0 Å². The molecule has 0 radical (unpaired) electrons. The smallest absolute Gasteiger partial charge is 0.241 e. The summed E-state index contributed by atoms with van der Waals surface area (Å²) in [5, 5.41) is 2.82. The number of nitrogens with two attached hydrogens (primary N) is 1. The molecule has 1 amide bonds. The summed E-state index contributed by atoms with van der Waals surface area (Å²) < 4.78 is 13.0. The molecule has 2 fully saturated rings. The molecular formula is C16H22FN3O. The molecule has 21 heavy (non-hydrogen) atoms. The number of nitrogens with one attached hydrogen (secondary N) is 1. The number of halogens is 1. The Balaban J connectivity index is 1.65. The van der Waals surface area contributed by atoms with Gasteiger partial charge in [-0.25, -0.2) is 4.39 Å². The van der Waals surface area contributed by atoms with Crippen molar-refractivity contribution < 1.29 is 9.18 Å². The summed E-state index contributed by atoms with van der Waals surface area (Å²) in [6.45, 7) is 2.95. The van der Waals surface area contributed by atoms with E-state index in [1.165, 1.54) is 43.9 Å². The topological polar surface area (TPSA) is 58.4 Å². The number of carbonyl (C=O) groups is 1. The summed E-state index contributed by atoms with van der Waals surface area (Å²) in [5.74, 6) is 0.296. The van der Waals surface area contributed by atoms with Crippen molar-refractivity contribution in [3.63, 3.8) is 0 Å². The Labute approximate surface area is 124 Å². The molecule has 0 aliphatic heterocycles. The van der Waals surface area contributed by atoms with Crippen molar-refractivity contribution >= 4 is 17.3 Å². The summed E-state index contributed by atoms with van der Waals surface area (Å²) in [5.41, 5.74) is 6.48. The highest BCUT2D eigenvalue weighted by atomic mass is 19.1. The number of anilines is 2. The van der Waals surface area contributed by atoms with Crippen molar-refractivity contribution in [3.05, 3.63) is 24.0 Å². The molecule has 0 spiro atoms. The van der Waals surface area contributed by atoms with Crippen LogP contribution in [0.4, 0.5) is 15.8 Å². The SMILES string of the molecule is CC(C(=O)Nc1ccc(F)cc1N)N(CC1CC1)C1CC1. The third kappa shape index (κ3) is 3.53. The summed E-state index contributed by atoms with van der Waals surface area (Å²) in [4.78, 5) is 14.7. The lowest BCUT2D eigenvalue weighted by Crippen LogP contribution is -2.44. The Hall–Kier alpha value is -1.62. The zero-order valence-corrected chi connectivity index (χ0v) is 12.3. The van der Waals surface area contributed by atoms with Crippen LogP contribution in [0.1, 0.15) is 32.6 Å². The van der Waals surface area contributed by atoms with Gasteiger partial charge in [-0.05, 0) is 56.7 Å². The first-order valence-corrected chi connectivity index (χ1v) is 7.66. The Bertz CT molecular complexity index is 540. The van der Waals surface area contributed by atoms with Gasteiger partial charge in [-0.15, -0.1) is 0 Å². The fourth-order valence-corrected chi connectivity index (χ4v) is 2.66. The minimum atomic E-state index is -0.396. The van der Waals surface area contributed by atoms with E-state index in [-0.39, 0.29) is 17.6 Å². The van der Waals surface area contributed by atoms with Crippen LogP contribution in [0.2, 0.25) is 0 Å². The highest BCUT2D eigenvalue weighted by Gasteiger charge is 2.38. The van der Waals surface area contributed by atoms with Gasteiger partial charge in [0.1, 0.15) is 5.82 Å². The molecule has 4 nitrogen and oxygen atoms in total. The predicted molar refractivity (Wildman–Crippen MR) is 81.4 cm³/mol. The highest BCUT2D eigenvalue weighted by molar-refractivity contribution is 5.97. The van der Waals surface area contributed by atoms with Gasteiger partial charge in [0, 0.05) is 12.6 Å². The Morgan fingerprint density at radius 2 is 2.14 bits per heavy atom. The zero-order chi connectivity index (χ0) is 15.0. The van der Waals surface area contributed by atoms with E-state index >= 15 is 0 Å². The van der Waals surface area contributed by atoms with Crippen LogP contribution < -0.4 is 11.1 Å². The van der Waals surface area contributed by atoms with Crippen LogP contribution in [-0.4, -0.2) is 29.4 Å². The Morgan fingerprint density at radius 1 is 1.43 bits per heavy atom. The minimum Gasteiger partial charge on any atom is -0.397 e. The number of hydrogen-bond acceptors (Lipinski definition) is 3. The second-order valence-electron chi connectivity index (χ2n) is 6.27. The predicted octanol–water partition coefficient (Wildman–Crippen LogP) is 2.61. The molecule has 2 aliphatic rings. The number of benzene rings is 1. The maximum atomic E-state index is 13.0. The molecule has 0 heterocycles.